The van der Waals surface area contributed by atoms with Gasteiger partial charge in [0.05, 0.1) is 5.56 Å². The summed E-state index contributed by atoms with van der Waals surface area (Å²) in [7, 11) is 0. The summed E-state index contributed by atoms with van der Waals surface area (Å²) in [6, 6.07) is 1.64. The third kappa shape index (κ3) is 2.10. The Balaban J connectivity index is 3.48. The maximum absolute atomic E-state index is 12.4. The summed E-state index contributed by atoms with van der Waals surface area (Å²) in [6.45, 7) is 1.32. The molecule has 0 aliphatic rings. The maximum Gasteiger partial charge on any atom is 0.272 e. The first-order chi connectivity index (χ1) is 6.99. The number of hydrogen-bond donors (Lipinski definition) is 0. The van der Waals surface area contributed by atoms with Gasteiger partial charge in [-0.25, -0.2) is 13.8 Å². The lowest BCUT2D eigenvalue weighted by Gasteiger charge is -2.07. The molecular formula is C9H5ClF2N2O. The minimum Gasteiger partial charge on any atom is -0.274 e. The molecule has 0 saturated carbocycles. The Morgan fingerprint density at radius 2 is 2.27 bits per heavy atom. The van der Waals surface area contributed by atoms with E-state index in [0.717, 1.165) is 6.20 Å². The number of carbonyl (C=O) groups is 1. The van der Waals surface area contributed by atoms with Crippen molar-refractivity contribution >= 4 is 16.8 Å². The molecule has 15 heavy (non-hydrogen) atoms. The monoisotopic (exact) mass is 230 g/mol. The molecule has 0 aliphatic heterocycles. The molecule has 0 spiro atoms. The predicted octanol–water partition coefficient (Wildman–Crippen LogP) is 2.58. The lowest BCUT2D eigenvalue weighted by Crippen LogP contribution is -2.04. The van der Waals surface area contributed by atoms with Crippen molar-refractivity contribution in [1.82, 2.24) is 4.98 Å². The van der Waals surface area contributed by atoms with Gasteiger partial charge in [-0.3, -0.25) is 4.79 Å². The van der Waals surface area contributed by atoms with Crippen LogP contribution in [-0.2, 0) is 0 Å². The molecule has 1 rings (SSSR count). The molecular weight excluding hydrogens is 226 g/mol. The van der Waals surface area contributed by atoms with Crippen molar-refractivity contribution in [3.63, 3.8) is 0 Å². The summed E-state index contributed by atoms with van der Waals surface area (Å²) in [6.07, 6.45) is -1.87. The summed E-state index contributed by atoms with van der Waals surface area (Å²) in [5.74, 6) is 0. The minimum atomic E-state index is -2.73. The van der Waals surface area contributed by atoms with Crippen molar-refractivity contribution in [1.29, 1.82) is 5.26 Å². The van der Waals surface area contributed by atoms with Gasteiger partial charge in [-0.1, -0.05) is 0 Å². The highest BCUT2D eigenvalue weighted by Gasteiger charge is 2.19. The molecule has 0 atom stereocenters. The van der Waals surface area contributed by atoms with Crippen LogP contribution >= 0.6 is 11.6 Å². The number of carbonyl (C=O) groups excluding carboxylic acids is 1. The van der Waals surface area contributed by atoms with Crippen molar-refractivity contribution in [2.45, 2.75) is 13.3 Å². The zero-order chi connectivity index (χ0) is 11.6. The Labute approximate surface area is 89.3 Å². The number of halogens is 3. The number of pyridine rings is 1. The Hall–Kier alpha value is -1.54. The van der Waals surface area contributed by atoms with Crippen molar-refractivity contribution in [3.8, 4) is 6.07 Å². The Morgan fingerprint density at radius 1 is 1.67 bits per heavy atom. The van der Waals surface area contributed by atoms with Gasteiger partial charge in [0.1, 0.15) is 11.8 Å². The molecule has 0 radical (unpaired) electrons. The van der Waals surface area contributed by atoms with E-state index >= 15 is 0 Å². The van der Waals surface area contributed by atoms with Crippen LogP contribution < -0.4 is 0 Å². The molecule has 0 N–H and O–H groups in total. The second kappa shape index (κ2) is 4.32. The van der Waals surface area contributed by atoms with Crippen molar-refractivity contribution in [2.24, 2.45) is 0 Å². The Kier molecular flexibility index (Phi) is 3.32. The van der Waals surface area contributed by atoms with Gasteiger partial charge < -0.3 is 0 Å². The third-order valence-electron chi connectivity index (χ3n) is 1.91. The standard InChI is InChI=1S/C9H5ClF2N2O/c1-4-5(2-13)7(8(10)15)14-3-6(4)9(11)12/h3,9H,1H3. The van der Waals surface area contributed by atoms with Crippen LogP contribution in [0, 0.1) is 18.3 Å². The highest BCUT2D eigenvalue weighted by molar-refractivity contribution is 6.67. The molecule has 1 heterocycles. The van der Waals surface area contributed by atoms with Crippen LogP contribution in [0.3, 0.4) is 0 Å². The van der Waals surface area contributed by atoms with Crippen LogP contribution in [0.2, 0.25) is 0 Å². The van der Waals surface area contributed by atoms with E-state index in [1.54, 1.807) is 6.07 Å². The van der Waals surface area contributed by atoms with Crippen LogP contribution in [-0.4, -0.2) is 10.2 Å². The average Bonchev–Trinajstić information content (AvgIpc) is 2.16. The fraction of sp³-hybridized carbons (Fsp3) is 0.222. The van der Waals surface area contributed by atoms with Crippen LogP contribution in [0.4, 0.5) is 8.78 Å². The smallest absolute Gasteiger partial charge is 0.272 e. The molecule has 3 nitrogen and oxygen atoms in total. The minimum absolute atomic E-state index is 0.0338. The average molecular weight is 231 g/mol. The van der Waals surface area contributed by atoms with Crippen LogP contribution in [0.15, 0.2) is 6.20 Å². The van der Waals surface area contributed by atoms with Crippen LogP contribution in [0.5, 0.6) is 0 Å². The summed E-state index contributed by atoms with van der Waals surface area (Å²) in [5.41, 5.74) is -0.825. The second-order valence-electron chi connectivity index (χ2n) is 2.75. The van der Waals surface area contributed by atoms with Crippen LogP contribution in [0.25, 0.3) is 0 Å². The first-order valence-electron chi connectivity index (χ1n) is 3.86. The second-order valence-corrected chi connectivity index (χ2v) is 3.09. The number of alkyl halides is 2. The number of hydrogen-bond acceptors (Lipinski definition) is 3. The van der Waals surface area contributed by atoms with Gasteiger partial charge in [-0.2, -0.15) is 5.26 Å². The number of nitriles is 1. The molecule has 6 heteroatoms. The van der Waals surface area contributed by atoms with E-state index in [2.05, 4.69) is 4.98 Å². The highest BCUT2D eigenvalue weighted by atomic mass is 35.5. The van der Waals surface area contributed by atoms with Gasteiger partial charge in [0.2, 0.25) is 0 Å². The molecule has 78 valence electrons. The molecule has 0 amide bonds. The lowest BCUT2D eigenvalue weighted by molar-refractivity contribution is 0.107. The SMILES string of the molecule is Cc1c(C(F)F)cnc(C(=O)Cl)c1C#N. The number of aromatic nitrogens is 1. The largest absolute Gasteiger partial charge is 0.274 e. The van der Waals surface area contributed by atoms with Gasteiger partial charge in [0, 0.05) is 11.8 Å². The Morgan fingerprint density at radius 3 is 2.67 bits per heavy atom. The molecule has 0 unspecified atom stereocenters. The lowest BCUT2D eigenvalue weighted by atomic mass is 10.0. The van der Waals surface area contributed by atoms with Gasteiger partial charge >= 0.3 is 0 Å². The van der Waals surface area contributed by atoms with E-state index in [0.29, 0.717) is 0 Å². The van der Waals surface area contributed by atoms with E-state index in [1.807, 2.05) is 0 Å². The molecule has 1 aromatic heterocycles. The van der Waals surface area contributed by atoms with E-state index in [4.69, 9.17) is 16.9 Å². The molecule has 1 aromatic rings. The molecule has 0 saturated heterocycles. The zero-order valence-electron chi connectivity index (χ0n) is 7.59. The van der Waals surface area contributed by atoms with E-state index in [-0.39, 0.29) is 22.4 Å². The maximum atomic E-state index is 12.4. The number of nitrogens with zero attached hydrogens (tertiary/aromatic N) is 2. The first kappa shape index (κ1) is 11.5. The first-order valence-corrected chi connectivity index (χ1v) is 4.24. The van der Waals surface area contributed by atoms with Gasteiger partial charge in [0.15, 0.2) is 0 Å². The zero-order valence-corrected chi connectivity index (χ0v) is 8.35. The third-order valence-corrected chi connectivity index (χ3v) is 2.09. The molecule has 0 aromatic carbocycles. The normalized spacial score (nSPS) is 10.1. The van der Waals surface area contributed by atoms with E-state index in [9.17, 15) is 13.6 Å². The van der Waals surface area contributed by atoms with Crippen molar-refractivity contribution in [2.75, 3.05) is 0 Å². The number of rotatable bonds is 2. The summed E-state index contributed by atoms with van der Waals surface area (Å²) in [5, 5.41) is 7.77. The predicted molar refractivity (Wildman–Crippen MR) is 48.8 cm³/mol. The van der Waals surface area contributed by atoms with Crippen molar-refractivity contribution in [3.05, 3.63) is 28.6 Å². The summed E-state index contributed by atoms with van der Waals surface area (Å²) >= 11 is 5.15. The molecule has 0 bridgehead atoms. The summed E-state index contributed by atoms with van der Waals surface area (Å²) < 4.78 is 24.8. The highest BCUT2D eigenvalue weighted by Crippen LogP contribution is 2.25. The quantitative estimate of drug-likeness (QED) is 0.734. The molecule has 0 aliphatic carbocycles. The van der Waals surface area contributed by atoms with E-state index in [1.165, 1.54) is 6.92 Å². The van der Waals surface area contributed by atoms with Crippen molar-refractivity contribution < 1.29 is 13.6 Å². The van der Waals surface area contributed by atoms with Gasteiger partial charge in [-0.15, -0.1) is 0 Å². The van der Waals surface area contributed by atoms with Gasteiger partial charge in [-0.05, 0) is 24.1 Å². The van der Waals surface area contributed by atoms with Gasteiger partial charge in [0.25, 0.3) is 11.7 Å². The topological polar surface area (TPSA) is 53.8 Å². The Bertz CT molecular complexity index is 454. The van der Waals surface area contributed by atoms with Crippen LogP contribution in [0.1, 0.15) is 33.6 Å². The summed E-state index contributed by atoms with van der Waals surface area (Å²) in [4.78, 5) is 14.3. The molecule has 0 fully saturated rings. The van der Waals surface area contributed by atoms with E-state index < -0.39 is 11.7 Å². The fourth-order valence-corrected chi connectivity index (χ4v) is 1.27. The fourth-order valence-electron chi connectivity index (χ4n) is 1.12.